The van der Waals surface area contributed by atoms with Crippen LogP contribution in [0.2, 0.25) is 0 Å². The number of benzene rings is 2. The molecule has 1 aromatic heterocycles. The van der Waals surface area contributed by atoms with Crippen LogP contribution in [0.15, 0.2) is 49.0 Å². The van der Waals surface area contributed by atoms with Crippen molar-refractivity contribution in [3.05, 3.63) is 54.6 Å². The van der Waals surface area contributed by atoms with Gasteiger partial charge < -0.3 is 4.57 Å². The molecule has 0 saturated carbocycles. The lowest BCUT2D eigenvalue weighted by Gasteiger charge is -2.06. The highest BCUT2D eigenvalue weighted by Crippen LogP contribution is 2.31. The van der Waals surface area contributed by atoms with Crippen LogP contribution in [0.4, 0.5) is 0 Å². The molecule has 0 amide bonds. The van der Waals surface area contributed by atoms with E-state index in [1.165, 1.54) is 27.4 Å². The van der Waals surface area contributed by atoms with E-state index in [2.05, 4.69) is 67.5 Å². The van der Waals surface area contributed by atoms with Crippen molar-refractivity contribution in [2.45, 2.75) is 19.8 Å². The van der Waals surface area contributed by atoms with Crippen LogP contribution in [0.3, 0.4) is 0 Å². The first kappa shape index (κ1) is 11.1. The molecule has 0 fully saturated rings. The summed E-state index contributed by atoms with van der Waals surface area (Å²) in [6.07, 6.45) is 1.90. The summed E-state index contributed by atoms with van der Waals surface area (Å²) in [4.78, 5) is 0. The Labute approximate surface area is 107 Å². The van der Waals surface area contributed by atoms with Crippen LogP contribution < -0.4 is 0 Å². The third kappa shape index (κ3) is 1.47. The Balaban J connectivity index is 2.48. The molecule has 0 aliphatic carbocycles. The lowest BCUT2D eigenvalue weighted by molar-refractivity contribution is 0.868. The van der Waals surface area contributed by atoms with E-state index < -0.39 is 0 Å². The van der Waals surface area contributed by atoms with Gasteiger partial charge in [0.05, 0.1) is 11.0 Å². The van der Waals surface area contributed by atoms with Gasteiger partial charge in [0.2, 0.25) is 0 Å². The van der Waals surface area contributed by atoms with E-state index in [1.54, 1.807) is 0 Å². The lowest BCUT2D eigenvalue weighted by atomic mass is 10.0. The van der Waals surface area contributed by atoms with Gasteiger partial charge >= 0.3 is 0 Å². The molecule has 0 bridgehead atoms. The van der Waals surface area contributed by atoms with E-state index in [0.717, 1.165) is 0 Å². The van der Waals surface area contributed by atoms with Crippen molar-refractivity contribution in [3.8, 4) is 0 Å². The van der Waals surface area contributed by atoms with Gasteiger partial charge in [0.15, 0.2) is 0 Å². The number of para-hydroxylation sites is 1. The molecule has 0 radical (unpaired) electrons. The zero-order chi connectivity index (χ0) is 12.7. The summed E-state index contributed by atoms with van der Waals surface area (Å²) in [6.45, 7) is 8.39. The molecular formula is C17H17N. The fourth-order valence-corrected chi connectivity index (χ4v) is 2.57. The number of nitrogens with zero attached hydrogens (tertiary/aromatic N) is 1. The highest BCUT2D eigenvalue weighted by atomic mass is 14.9. The molecule has 0 unspecified atom stereocenters. The molecule has 0 spiro atoms. The van der Waals surface area contributed by atoms with Gasteiger partial charge in [-0.15, -0.1) is 0 Å². The number of aromatic nitrogens is 1. The van der Waals surface area contributed by atoms with Gasteiger partial charge in [0.25, 0.3) is 0 Å². The second-order valence-corrected chi connectivity index (χ2v) is 5.00. The second kappa shape index (κ2) is 4.02. The summed E-state index contributed by atoms with van der Waals surface area (Å²) in [5.41, 5.74) is 3.84. The lowest BCUT2D eigenvalue weighted by Crippen LogP contribution is -1.89. The van der Waals surface area contributed by atoms with Crippen molar-refractivity contribution in [1.82, 2.24) is 4.57 Å². The van der Waals surface area contributed by atoms with Gasteiger partial charge in [0.1, 0.15) is 0 Å². The molecule has 2 aromatic carbocycles. The summed E-state index contributed by atoms with van der Waals surface area (Å²) in [5, 5.41) is 2.60. The van der Waals surface area contributed by atoms with Crippen LogP contribution in [0.1, 0.15) is 25.3 Å². The topological polar surface area (TPSA) is 4.93 Å². The Bertz CT molecular complexity index is 732. The van der Waals surface area contributed by atoms with Crippen molar-refractivity contribution >= 4 is 28.0 Å². The largest absolute Gasteiger partial charge is 0.317 e. The Morgan fingerprint density at radius 1 is 1.00 bits per heavy atom. The molecular weight excluding hydrogens is 218 g/mol. The Hall–Kier alpha value is -2.02. The fourth-order valence-electron chi connectivity index (χ4n) is 2.57. The molecule has 18 heavy (non-hydrogen) atoms. The number of hydrogen-bond acceptors (Lipinski definition) is 0. The van der Waals surface area contributed by atoms with E-state index >= 15 is 0 Å². The van der Waals surface area contributed by atoms with Gasteiger partial charge in [-0.1, -0.05) is 50.8 Å². The van der Waals surface area contributed by atoms with Gasteiger partial charge in [-0.2, -0.15) is 0 Å². The second-order valence-electron chi connectivity index (χ2n) is 5.00. The summed E-state index contributed by atoms with van der Waals surface area (Å²) in [7, 11) is 0. The third-order valence-corrected chi connectivity index (χ3v) is 3.58. The fraction of sp³-hybridized carbons (Fsp3) is 0.176. The summed E-state index contributed by atoms with van der Waals surface area (Å²) >= 11 is 0. The Morgan fingerprint density at radius 2 is 1.72 bits per heavy atom. The summed E-state index contributed by atoms with van der Waals surface area (Å²) in [6, 6.07) is 15.2. The average Bonchev–Trinajstić information content (AvgIpc) is 2.71. The minimum Gasteiger partial charge on any atom is -0.317 e. The van der Waals surface area contributed by atoms with Crippen molar-refractivity contribution in [2.75, 3.05) is 0 Å². The molecule has 90 valence electrons. The maximum absolute atomic E-state index is 3.94. The van der Waals surface area contributed by atoms with Crippen LogP contribution >= 0.6 is 0 Å². The Kier molecular flexibility index (Phi) is 2.48. The highest BCUT2D eigenvalue weighted by Gasteiger charge is 2.09. The van der Waals surface area contributed by atoms with Gasteiger partial charge in [0, 0.05) is 17.0 Å². The average molecular weight is 235 g/mol. The third-order valence-electron chi connectivity index (χ3n) is 3.58. The first-order valence-electron chi connectivity index (χ1n) is 6.37. The first-order valence-corrected chi connectivity index (χ1v) is 6.37. The van der Waals surface area contributed by atoms with Crippen molar-refractivity contribution < 1.29 is 0 Å². The number of rotatable bonds is 2. The molecule has 3 rings (SSSR count). The van der Waals surface area contributed by atoms with Gasteiger partial charge in [-0.3, -0.25) is 0 Å². The predicted octanol–water partition coefficient (Wildman–Crippen LogP) is 5.02. The molecule has 0 aliphatic heterocycles. The van der Waals surface area contributed by atoms with E-state index in [1.807, 2.05) is 6.20 Å². The predicted molar refractivity (Wildman–Crippen MR) is 79.9 cm³/mol. The highest BCUT2D eigenvalue weighted by molar-refractivity contribution is 6.09. The smallest absolute Gasteiger partial charge is 0.0537 e. The molecule has 3 aromatic rings. The monoisotopic (exact) mass is 235 g/mol. The normalized spacial score (nSPS) is 11.5. The van der Waals surface area contributed by atoms with E-state index in [0.29, 0.717) is 5.92 Å². The van der Waals surface area contributed by atoms with Crippen LogP contribution in [0.5, 0.6) is 0 Å². The van der Waals surface area contributed by atoms with Crippen molar-refractivity contribution in [3.63, 3.8) is 0 Å². The maximum atomic E-state index is 3.94. The van der Waals surface area contributed by atoms with Crippen molar-refractivity contribution in [2.24, 2.45) is 0 Å². The van der Waals surface area contributed by atoms with Crippen LogP contribution in [-0.2, 0) is 0 Å². The quantitative estimate of drug-likeness (QED) is 0.588. The molecule has 1 heterocycles. The Morgan fingerprint density at radius 3 is 2.44 bits per heavy atom. The molecule has 0 aliphatic rings. The molecule has 1 heteroatoms. The van der Waals surface area contributed by atoms with Crippen LogP contribution in [0.25, 0.3) is 28.0 Å². The standard InChI is InChI=1S/C17H17N/c1-4-18-16-8-6-5-7-14(16)15-10-9-13(12(2)3)11-17(15)18/h4-12H,1H2,2-3H3. The maximum Gasteiger partial charge on any atom is 0.0537 e. The zero-order valence-electron chi connectivity index (χ0n) is 10.9. The molecule has 0 atom stereocenters. The summed E-state index contributed by atoms with van der Waals surface area (Å²) < 4.78 is 2.18. The first-order chi connectivity index (χ1) is 8.72. The number of hydrogen-bond donors (Lipinski definition) is 0. The SMILES string of the molecule is C=Cn1c2ccccc2c2ccc(C(C)C)cc21. The van der Waals surface area contributed by atoms with Crippen molar-refractivity contribution in [1.29, 1.82) is 0 Å². The summed E-state index contributed by atoms with van der Waals surface area (Å²) in [5.74, 6) is 0.547. The minimum absolute atomic E-state index is 0.547. The van der Waals surface area contributed by atoms with E-state index in [4.69, 9.17) is 0 Å². The molecule has 0 saturated heterocycles. The van der Waals surface area contributed by atoms with Gasteiger partial charge in [-0.25, -0.2) is 0 Å². The van der Waals surface area contributed by atoms with Crippen LogP contribution in [0, 0.1) is 0 Å². The zero-order valence-corrected chi connectivity index (χ0v) is 10.9. The molecule has 1 nitrogen and oxygen atoms in total. The minimum atomic E-state index is 0.547. The van der Waals surface area contributed by atoms with E-state index in [9.17, 15) is 0 Å². The number of fused-ring (bicyclic) bond motifs is 3. The van der Waals surface area contributed by atoms with E-state index in [-0.39, 0.29) is 0 Å². The van der Waals surface area contributed by atoms with Gasteiger partial charge in [-0.05, 0) is 23.6 Å². The van der Waals surface area contributed by atoms with Crippen LogP contribution in [-0.4, -0.2) is 4.57 Å². The molecule has 0 N–H and O–H groups in total.